The number of hydrogen-bond acceptors (Lipinski definition) is 7. The highest BCUT2D eigenvalue weighted by Crippen LogP contribution is 2.32. The Balaban J connectivity index is 1.32. The summed E-state index contributed by atoms with van der Waals surface area (Å²) in [5.74, 6) is -0.906. The molecule has 1 aromatic carbocycles. The average Bonchev–Trinajstić information content (AvgIpc) is 3.65. The highest BCUT2D eigenvalue weighted by Gasteiger charge is 2.39. The number of aromatic nitrogens is 4. The highest BCUT2D eigenvalue weighted by atomic mass is 19.4. The summed E-state index contributed by atoms with van der Waals surface area (Å²) in [5, 5.41) is 14.4. The van der Waals surface area contributed by atoms with Gasteiger partial charge in [0.1, 0.15) is 0 Å². The van der Waals surface area contributed by atoms with Gasteiger partial charge in [-0.2, -0.15) is 18.3 Å². The van der Waals surface area contributed by atoms with E-state index in [1.807, 2.05) is 0 Å². The van der Waals surface area contributed by atoms with Gasteiger partial charge in [0.25, 0.3) is 5.91 Å². The minimum absolute atomic E-state index is 0.0270. The Bertz CT molecular complexity index is 1300. The fourth-order valence-electron chi connectivity index (χ4n) is 5.15. The fraction of sp³-hybridized carbons (Fsp3) is 0.519. The third-order valence-corrected chi connectivity index (χ3v) is 7.32. The Morgan fingerprint density at radius 1 is 1.02 bits per heavy atom. The molecule has 13 heteroatoms. The zero-order chi connectivity index (χ0) is 28.1. The molecule has 2 aliphatic rings. The van der Waals surface area contributed by atoms with Crippen molar-refractivity contribution in [3.63, 3.8) is 0 Å². The number of para-hydroxylation sites is 1. The van der Waals surface area contributed by atoms with E-state index in [1.165, 1.54) is 4.90 Å². The number of benzene rings is 1. The molecule has 0 bridgehead atoms. The summed E-state index contributed by atoms with van der Waals surface area (Å²) in [6.07, 6.45) is 2.07. The zero-order valence-electron chi connectivity index (χ0n) is 21.9. The van der Waals surface area contributed by atoms with Crippen LogP contribution >= 0.6 is 0 Å². The van der Waals surface area contributed by atoms with Crippen molar-refractivity contribution in [1.82, 2.24) is 25.3 Å². The number of ether oxygens (including phenoxy) is 1. The van der Waals surface area contributed by atoms with Gasteiger partial charge in [-0.15, -0.1) is 5.10 Å². The minimum Gasteiger partial charge on any atom is -0.407 e. The van der Waals surface area contributed by atoms with Gasteiger partial charge in [0, 0.05) is 44.3 Å². The molecule has 5 rings (SSSR count). The summed E-state index contributed by atoms with van der Waals surface area (Å²) in [7, 11) is 0. The number of carbonyl (C=O) groups excluding carboxylic acids is 2. The Morgan fingerprint density at radius 3 is 2.45 bits per heavy atom. The van der Waals surface area contributed by atoms with Crippen LogP contribution in [0.25, 0.3) is 5.69 Å². The van der Waals surface area contributed by atoms with E-state index in [0.717, 1.165) is 55.8 Å². The molecule has 2 aromatic heterocycles. The number of alkyl halides is 3. The van der Waals surface area contributed by atoms with Crippen LogP contribution in [0.1, 0.15) is 72.8 Å². The van der Waals surface area contributed by atoms with E-state index in [1.54, 1.807) is 30.3 Å². The molecule has 1 aliphatic carbocycles. The minimum atomic E-state index is -4.83. The van der Waals surface area contributed by atoms with Crippen molar-refractivity contribution in [2.45, 2.75) is 57.0 Å². The molecule has 1 saturated heterocycles. The maximum Gasteiger partial charge on any atom is 0.435 e. The quantitative estimate of drug-likeness (QED) is 0.431. The van der Waals surface area contributed by atoms with Gasteiger partial charge in [0.2, 0.25) is 11.8 Å². The van der Waals surface area contributed by atoms with Crippen LogP contribution in [-0.4, -0.2) is 58.1 Å². The summed E-state index contributed by atoms with van der Waals surface area (Å²) in [4.78, 5) is 27.8. The van der Waals surface area contributed by atoms with Crippen LogP contribution in [0, 0.1) is 5.92 Å². The van der Waals surface area contributed by atoms with Crippen LogP contribution in [0.2, 0.25) is 0 Å². The maximum atomic E-state index is 13.7. The monoisotopic (exact) mass is 560 g/mol. The van der Waals surface area contributed by atoms with Gasteiger partial charge >= 0.3 is 12.2 Å². The van der Waals surface area contributed by atoms with Crippen LogP contribution in [0.15, 0.2) is 40.9 Å². The SMILES string of the molecule is O=C(NCCN(C(=O)C1CCCCC1)c1nnc(C2CCOCC2)o1)c1cn(-c2ccccc2)nc1C(F)(F)F. The number of amides is 2. The second-order valence-corrected chi connectivity index (χ2v) is 10.1. The van der Waals surface area contributed by atoms with E-state index >= 15 is 0 Å². The van der Waals surface area contributed by atoms with Crippen LogP contribution in [-0.2, 0) is 15.7 Å². The van der Waals surface area contributed by atoms with Gasteiger partial charge in [0.05, 0.1) is 11.3 Å². The second-order valence-electron chi connectivity index (χ2n) is 10.1. The smallest absolute Gasteiger partial charge is 0.407 e. The lowest BCUT2D eigenvalue weighted by molar-refractivity contribution is -0.141. The molecular weight excluding hydrogens is 529 g/mol. The number of anilines is 1. The lowest BCUT2D eigenvalue weighted by atomic mass is 9.88. The third-order valence-electron chi connectivity index (χ3n) is 7.32. The van der Waals surface area contributed by atoms with Crippen LogP contribution < -0.4 is 10.2 Å². The first-order chi connectivity index (χ1) is 19.3. The van der Waals surface area contributed by atoms with E-state index in [-0.39, 0.29) is 36.8 Å². The summed E-state index contributed by atoms with van der Waals surface area (Å²) in [6, 6.07) is 8.24. The Kier molecular flexibility index (Phi) is 8.48. The molecule has 1 aliphatic heterocycles. The number of halogens is 3. The van der Waals surface area contributed by atoms with Crippen molar-refractivity contribution >= 4 is 17.8 Å². The number of nitrogens with one attached hydrogen (secondary N) is 1. The number of rotatable bonds is 8. The van der Waals surface area contributed by atoms with E-state index in [0.29, 0.717) is 24.8 Å². The van der Waals surface area contributed by atoms with Crippen molar-refractivity contribution in [2.24, 2.45) is 5.92 Å². The Morgan fingerprint density at radius 2 is 1.75 bits per heavy atom. The van der Waals surface area contributed by atoms with Gasteiger partial charge in [-0.1, -0.05) is 42.6 Å². The molecule has 40 heavy (non-hydrogen) atoms. The molecule has 0 spiro atoms. The predicted octanol–water partition coefficient (Wildman–Crippen LogP) is 4.51. The summed E-state index contributed by atoms with van der Waals surface area (Å²) in [5.41, 5.74) is -1.52. The van der Waals surface area contributed by atoms with E-state index in [9.17, 15) is 22.8 Å². The maximum absolute atomic E-state index is 13.7. The summed E-state index contributed by atoms with van der Waals surface area (Å²) < 4.78 is 53.5. The fourth-order valence-corrected chi connectivity index (χ4v) is 5.15. The molecule has 214 valence electrons. The largest absolute Gasteiger partial charge is 0.435 e. The van der Waals surface area contributed by atoms with Crippen molar-refractivity contribution in [3.05, 3.63) is 53.7 Å². The van der Waals surface area contributed by atoms with Gasteiger partial charge < -0.3 is 14.5 Å². The number of hydrogen-bond donors (Lipinski definition) is 1. The standard InChI is InChI=1S/C27H31F3N6O4/c28-27(29,30)22-21(17-36(34-22)20-9-5-2-6-10-20)23(37)31-13-14-35(25(38)19-7-3-1-4-8-19)26-33-32-24(40-26)18-11-15-39-16-12-18/h2,5-6,9-10,17-19H,1,3-4,7-8,11-16H2,(H,31,37). The first-order valence-corrected chi connectivity index (χ1v) is 13.5. The van der Waals surface area contributed by atoms with Crippen LogP contribution in [0.5, 0.6) is 0 Å². The zero-order valence-corrected chi connectivity index (χ0v) is 21.9. The molecule has 2 amide bonds. The molecule has 0 radical (unpaired) electrons. The lowest BCUT2D eigenvalue weighted by Gasteiger charge is -2.26. The van der Waals surface area contributed by atoms with Gasteiger partial charge in [-0.05, 0) is 37.8 Å². The molecule has 2 fully saturated rings. The number of nitrogens with zero attached hydrogens (tertiary/aromatic N) is 5. The summed E-state index contributed by atoms with van der Waals surface area (Å²) >= 11 is 0. The molecule has 3 aromatic rings. The molecule has 1 N–H and O–H groups in total. The van der Waals surface area contributed by atoms with Crippen LogP contribution in [0.4, 0.5) is 19.2 Å². The molecule has 0 atom stereocenters. The van der Waals surface area contributed by atoms with Crippen molar-refractivity contribution in [2.75, 3.05) is 31.2 Å². The Hall–Kier alpha value is -3.74. The molecular formula is C27H31F3N6O4. The highest BCUT2D eigenvalue weighted by molar-refractivity contribution is 5.96. The second kappa shape index (κ2) is 12.2. The lowest BCUT2D eigenvalue weighted by Crippen LogP contribution is -2.42. The van der Waals surface area contributed by atoms with Gasteiger partial charge in [-0.3, -0.25) is 14.5 Å². The molecule has 1 saturated carbocycles. The van der Waals surface area contributed by atoms with E-state index in [4.69, 9.17) is 9.15 Å². The normalized spacial score (nSPS) is 17.1. The van der Waals surface area contributed by atoms with E-state index < -0.39 is 23.3 Å². The van der Waals surface area contributed by atoms with Crippen molar-refractivity contribution in [3.8, 4) is 5.69 Å². The topological polar surface area (TPSA) is 115 Å². The third kappa shape index (κ3) is 6.35. The molecule has 3 heterocycles. The predicted molar refractivity (Wildman–Crippen MR) is 137 cm³/mol. The van der Waals surface area contributed by atoms with E-state index in [2.05, 4.69) is 20.6 Å². The van der Waals surface area contributed by atoms with Crippen LogP contribution in [0.3, 0.4) is 0 Å². The molecule has 10 nitrogen and oxygen atoms in total. The molecule has 0 unspecified atom stereocenters. The first kappa shape index (κ1) is 27.8. The Labute approximate surface area is 228 Å². The van der Waals surface area contributed by atoms with Gasteiger partial charge in [-0.25, -0.2) is 4.68 Å². The average molecular weight is 561 g/mol. The van der Waals surface area contributed by atoms with Crippen molar-refractivity contribution in [1.29, 1.82) is 0 Å². The first-order valence-electron chi connectivity index (χ1n) is 13.5. The number of carbonyl (C=O) groups is 2. The van der Waals surface area contributed by atoms with Gasteiger partial charge in [0.15, 0.2) is 5.69 Å². The summed E-state index contributed by atoms with van der Waals surface area (Å²) in [6.45, 7) is 1.00. The van der Waals surface area contributed by atoms with Crippen molar-refractivity contribution < 1.29 is 31.9 Å².